The Morgan fingerprint density at radius 2 is 1.76 bits per heavy atom. The van der Waals surface area contributed by atoms with Crippen molar-refractivity contribution in [3.8, 4) is 0 Å². The number of nitrogens with one attached hydrogen (secondary N) is 3. The lowest BCUT2D eigenvalue weighted by atomic mass is 10.0. The average molecular weight is 340 g/mol. The van der Waals surface area contributed by atoms with E-state index in [9.17, 15) is 9.59 Å². The van der Waals surface area contributed by atoms with Crippen molar-refractivity contribution in [2.75, 3.05) is 14.1 Å². The summed E-state index contributed by atoms with van der Waals surface area (Å²) in [7, 11) is 3.47. The van der Waals surface area contributed by atoms with Gasteiger partial charge in [0.1, 0.15) is 6.54 Å². The second kappa shape index (κ2) is 8.44. The summed E-state index contributed by atoms with van der Waals surface area (Å²) in [6.07, 6.45) is 0. The zero-order valence-corrected chi connectivity index (χ0v) is 15.2. The maximum absolute atomic E-state index is 12.7. The van der Waals surface area contributed by atoms with E-state index >= 15 is 0 Å². The van der Waals surface area contributed by atoms with Crippen LogP contribution >= 0.6 is 0 Å². The summed E-state index contributed by atoms with van der Waals surface area (Å²) < 4.78 is 0. The molecule has 2 aromatic rings. The molecule has 0 saturated carbocycles. The van der Waals surface area contributed by atoms with E-state index in [1.165, 1.54) is 23.7 Å². The molecule has 25 heavy (non-hydrogen) atoms. The first-order valence-electron chi connectivity index (χ1n) is 8.38. The highest BCUT2D eigenvalue weighted by Gasteiger charge is 2.30. The highest BCUT2D eigenvalue weighted by Crippen LogP contribution is 2.13. The van der Waals surface area contributed by atoms with Gasteiger partial charge >= 0.3 is 6.03 Å². The van der Waals surface area contributed by atoms with Crippen LogP contribution in [0.15, 0.2) is 48.5 Å². The topological polar surface area (TPSA) is 62.6 Å². The van der Waals surface area contributed by atoms with Crippen molar-refractivity contribution in [3.05, 3.63) is 70.8 Å². The van der Waals surface area contributed by atoms with Crippen molar-refractivity contribution >= 4 is 11.9 Å². The smallest absolute Gasteiger partial charge is 0.321 e. The third kappa shape index (κ3) is 4.90. The molecule has 0 aromatic heterocycles. The lowest BCUT2D eigenvalue weighted by Crippen LogP contribution is -3.09. The fourth-order valence-electron chi connectivity index (χ4n) is 3.00. The summed E-state index contributed by atoms with van der Waals surface area (Å²) in [5.74, 6) is -0.312. The molecule has 0 radical (unpaired) electrons. The van der Waals surface area contributed by atoms with E-state index in [2.05, 4.69) is 42.7 Å². The minimum Gasteiger partial charge on any atom is -0.341 e. The number of likely N-dealkylation sites (N-methyl/N-ethyl adjacent to an activating group) is 1. The van der Waals surface area contributed by atoms with Crippen molar-refractivity contribution in [1.29, 1.82) is 0 Å². The van der Waals surface area contributed by atoms with E-state index in [1.807, 2.05) is 37.4 Å². The number of rotatable bonds is 5. The van der Waals surface area contributed by atoms with Gasteiger partial charge in [0.15, 0.2) is 6.04 Å². The van der Waals surface area contributed by atoms with Gasteiger partial charge in [0.2, 0.25) is 0 Å². The molecule has 0 aliphatic rings. The Hall–Kier alpha value is -2.66. The van der Waals surface area contributed by atoms with Gasteiger partial charge in [0, 0.05) is 18.2 Å². The number of imide groups is 1. The fourth-order valence-corrected chi connectivity index (χ4v) is 3.00. The van der Waals surface area contributed by atoms with Gasteiger partial charge in [-0.3, -0.25) is 10.1 Å². The van der Waals surface area contributed by atoms with Crippen LogP contribution in [0.3, 0.4) is 0 Å². The van der Waals surface area contributed by atoms with Crippen LogP contribution < -0.4 is 15.5 Å². The Labute approximate surface area is 149 Å². The summed E-state index contributed by atoms with van der Waals surface area (Å²) in [4.78, 5) is 25.3. The summed E-state index contributed by atoms with van der Waals surface area (Å²) in [6, 6.07) is 14.9. The molecule has 2 rings (SSSR count). The summed E-state index contributed by atoms with van der Waals surface area (Å²) in [5, 5.41) is 4.83. The molecule has 0 bridgehead atoms. The highest BCUT2D eigenvalue weighted by atomic mass is 16.2. The Morgan fingerprint density at radius 1 is 1.08 bits per heavy atom. The molecule has 0 spiro atoms. The van der Waals surface area contributed by atoms with Crippen molar-refractivity contribution in [2.24, 2.45) is 0 Å². The minimum absolute atomic E-state index is 0.312. The van der Waals surface area contributed by atoms with E-state index in [0.29, 0.717) is 6.54 Å². The molecule has 132 valence electrons. The van der Waals surface area contributed by atoms with Gasteiger partial charge in [-0.05, 0) is 19.4 Å². The first-order chi connectivity index (χ1) is 11.9. The standard InChI is InChI=1S/C20H25N3O2/c1-14-10-11-17(15(2)12-14)13-23(4)18(16-8-6-5-7-9-16)19(24)22-20(25)21-3/h5-12,18H,13H2,1-4H3,(H2,21,22,24,25)/p+1/t18-/m0/s1. The van der Waals surface area contributed by atoms with E-state index in [-0.39, 0.29) is 5.91 Å². The molecule has 5 nitrogen and oxygen atoms in total. The van der Waals surface area contributed by atoms with E-state index in [0.717, 1.165) is 10.5 Å². The molecule has 3 amide bonds. The zero-order chi connectivity index (χ0) is 18.4. The summed E-state index contributed by atoms with van der Waals surface area (Å²) in [5.41, 5.74) is 4.50. The van der Waals surface area contributed by atoms with Gasteiger partial charge in [0.25, 0.3) is 5.91 Å². The Balaban J connectivity index is 2.27. The van der Waals surface area contributed by atoms with Crippen LogP contribution in [0.5, 0.6) is 0 Å². The third-order valence-electron chi connectivity index (χ3n) is 4.32. The normalized spacial score (nSPS) is 13.0. The van der Waals surface area contributed by atoms with Crippen LogP contribution in [0.2, 0.25) is 0 Å². The van der Waals surface area contributed by atoms with Gasteiger partial charge in [-0.25, -0.2) is 4.79 Å². The van der Waals surface area contributed by atoms with Crippen molar-refractivity contribution in [2.45, 2.75) is 26.4 Å². The second-order valence-electron chi connectivity index (χ2n) is 6.37. The lowest BCUT2D eigenvalue weighted by molar-refractivity contribution is -0.916. The molecule has 0 aliphatic carbocycles. The predicted octanol–water partition coefficient (Wildman–Crippen LogP) is 1.52. The van der Waals surface area contributed by atoms with Gasteiger partial charge in [0.05, 0.1) is 7.05 Å². The van der Waals surface area contributed by atoms with E-state index < -0.39 is 12.1 Å². The van der Waals surface area contributed by atoms with Crippen LogP contribution in [0.4, 0.5) is 4.79 Å². The maximum atomic E-state index is 12.7. The van der Waals surface area contributed by atoms with Crippen LogP contribution in [-0.2, 0) is 11.3 Å². The second-order valence-corrected chi connectivity index (χ2v) is 6.37. The number of carbonyl (C=O) groups excluding carboxylic acids is 2. The first-order valence-corrected chi connectivity index (χ1v) is 8.38. The average Bonchev–Trinajstić information content (AvgIpc) is 2.58. The van der Waals surface area contributed by atoms with Crippen molar-refractivity contribution < 1.29 is 14.5 Å². The predicted molar refractivity (Wildman–Crippen MR) is 98.3 cm³/mol. The SMILES string of the molecule is CNC(=O)NC(=O)[C@H](c1ccccc1)[NH+](C)Cc1ccc(C)cc1C. The molecular formula is C20H26N3O2+. The van der Waals surface area contributed by atoms with Crippen LogP contribution in [-0.4, -0.2) is 26.0 Å². The molecule has 2 atom stereocenters. The summed E-state index contributed by atoms with van der Waals surface area (Å²) >= 11 is 0. The molecule has 2 aromatic carbocycles. The molecular weight excluding hydrogens is 314 g/mol. The van der Waals surface area contributed by atoms with Crippen molar-refractivity contribution in [1.82, 2.24) is 10.6 Å². The molecule has 0 heterocycles. The fraction of sp³-hybridized carbons (Fsp3) is 0.300. The lowest BCUT2D eigenvalue weighted by Gasteiger charge is -2.25. The molecule has 0 aliphatic heterocycles. The Kier molecular flexibility index (Phi) is 6.31. The maximum Gasteiger partial charge on any atom is 0.321 e. The van der Waals surface area contributed by atoms with Gasteiger partial charge in [-0.1, -0.05) is 54.1 Å². The number of quaternary nitrogens is 1. The van der Waals surface area contributed by atoms with Crippen molar-refractivity contribution in [3.63, 3.8) is 0 Å². The first kappa shape index (κ1) is 18.7. The quantitative estimate of drug-likeness (QED) is 0.773. The third-order valence-corrected chi connectivity index (χ3v) is 4.32. The Morgan fingerprint density at radius 3 is 2.36 bits per heavy atom. The number of hydrogen-bond acceptors (Lipinski definition) is 2. The number of amides is 3. The van der Waals surface area contributed by atoms with Gasteiger partial charge < -0.3 is 10.2 Å². The number of carbonyl (C=O) groups is 2. The van der Waals surface area contributed by atoms with Gasteiger partial charge in [-0.15, -0.1) is 0 Å². The van der Waals surface area contributed by atoms with E-state index in [4.69, 9.17) is 0 Å². The Bertz CT molecular complexity index is 744. The van der Waals surface area contributed by atoms with Crippen LogP contribution in [0.1, 0.15) is 28.3 Å². The number of benzene rings is 2. The summed E-state index contributed by atoms with van der Waals surface area (Å²) in [6.45, 7) is 4.83. The molecule has 0 saturated heterocycles. The highest BCUT2D eigenvalue weighted by molar-refractivity contribution is 5.96. The monoisotopic (exact) mass is 340 g/mol. The number of aryl methyl sites for hydroxylation is 2. The number of hydrogen-bond donors (Lipinski definition) is 3. The van der Waals surface area contributed by atoms with Crippen LogP contribution in [0.25, 0.3) is 0 Å². The molecule has 1 unspecified atom stereocenters. The van der Waals surface area contributed by atoms with Crippen LogP contribution in [0, 0.1) is 13.8 Å². The van der Waals surface area contributed by atoms with E-state index in [1.54, 1.807) is 0 Å². The number of urea groups is 1. The largest absolute Gasteiger partial charge is 0.341 e. The molecule has 0 fully saturated rings. The molecule has 5 heteroatoms. The zero-order valence-electron chi connectivity index (χ0n) is 15.2. The minimum atomic E-state index is -0.495. The van der Waals surface area contributed by atoms with Gasteiger partial charge in [-0.2, -0.15) is 0 Å². The molecule has 3 N–H and O–H groups in total.